The van der Waals surface area contributed by atoms with Gasteiger partial charge < -0.3 is 14.8 Å². The number of rotatable bonds is 5. The molecule has 0 radical (unpaired) electrons. The number of thiophene rings is 1. The van der Waals surface area contributed by atoms with Crippen LogP contribution in [0.2, 0.25) is 5.02 Å². The molecule has 1 heterocycles. The highest BCUT2D eigenvalue weighted by Crippen LogP contribution is 2.38. The van der Waals surface area contributed by atoms with Crippen molar-refractivity contribution in [1.82, 2.24) is 0 Å². The Morgan fingerprint density at radius 1 is 1.20 bits per heavy atom. The van der Waals surface area contributed by atoms with Gasteiger partial charge in [-0.3, -0.25) is 4.79 Å². The lowest BCUT2D eigenvalue weighted by atomic mass is 10.2. The number of hydrogen-bond donors (Lipinski definition) is 1. The van der Waals surface area contributed by atoms with Crippen molar-refractivity contribution in [1.29, 1.82) is 0 Å². The first-order valence-electron chi connectivity index (χ1n) is 7.10. The summed E-state index contributed by atoms with van der Waals surface area (Å²) in [5.41, 5.74) is 0.555. The molecule has 3 rings (SSSR count). The number of carbonyl (C=O) groups is 1. The smallest absolute Gasteiger partial charge is 0.387 e. The summed E-state index contributed by atoms with van der Waals surface area (Å²) >= 11 is 7.37. The maximum absolute atomic E-state index is 12.5. The Morgan fingerprint density at radius 3 is 2.72 bits per heavy atom. The fourth-order valence-corrected chi connectivity index (χ4v) is 3.70. The average molecular weight is 384 g/mol. The molecule has 0 bridgehead atoms. The Morgan fingerprint density at radius 2 is 2.00 bits per heavy atom. The highest BCUT2D eigenvalue weighted by Gasteiger charge is 2.18. The van der Waals surface area contributed by atoms with E-state index in [0.717, 1.165) is 11.3 Å². The van der Waals surface area contributed by atoms with E-state index in [1.54, 1.807) is 30.3 Å². The van der Waals surface area contributed by atoms with E-state index in [2.05, 4.69) is 10.1 Å². The third-order valence-electron chi connectivity index (χ3n) is 3.36. The highest BCUT2D eigenvalue weighted by molar-refractivity contribution is 7.21. The lowest BCUT2D eigenvalue weighted by Crippen LogP contribution is -2.10. The number of halogens is 3. The number of ether oxygens (including phenoxy) is 2. The first-order chi connectivity index (χ1) is 12.0. The second-order valence-electron chi connectivity index (χ2n) is 4.97. The van der Waals surface area contributed by atoms with Crippen LogP contribution in [0.4, 0.5) is 14.5 Å². The van der Waals surface area contributed by atoms with Crippen LogP contribution in [0.15, 0.2) is 42.5 Å². The zero-order valence-corrected chi connectivity index (χ0v) is 14.5. The summed E-state index contributed by atoms with van der Waals surface area (Å²) in [6, 6.07) is 11.3. The standard InChI is InChI=1S/C17H12ClF2NO3S/c1-23-10-4-2-3-9(7-10)21-16(22)15-14(18)12-6-5-11(24-17(19)20)8-13(12)25-15/h2-8,17H,1H3,(H,21,22). The minimum Gasteiger partial charge on any atom is -0.497 e. The van der Waals surface area contributed by atoms with Gasteiger partial charge in [0, 0.05) is 21.8 Å². The van der Waals surface area contributed by atoms with Gasteiger partial charge in [0.05, 0.1) is 12.1 Å². The number of benzene rings is 2. The predicted molar refractivity (Wildman–Crippen MR) is 94.4 cm³/mol. The van der Waals surface area contributed by atoms with Crippen molar-refractivity contribution in [3.05, 3.63) is 52.4 Å². The Balaban J connectivity index is 1.89. The van der Waals surface area contributed by atoms with Crippen molar-refractivity contribution in [2.45, 2.75) is 6.61 Å². The highest BCUT2D eigenvalue weighted by atomic mass is 35.5. The quantitative estimate of drug-likeness (QED) is 0.640. The van der Waals surface area contributed by atoms with E-state index in [9.17, 15) is 13.6 Å². The van der Waals surface area contributed by atoms with Crippen LogP contribution in [0, 0.1) is 0 Å². The van der Waals surface area contributed by atoms with Gasteiger partial charge in [0.1, 0.15) is 16.4 Å². The summed E-state index contributed by atoms with van der Waals surface area (Å²) in [5, 5.41) is 3.61. The van der Waals surface area contributed by atoms with Crippen molar-refractivity contribution >= 4 is 44.6 Å². The number of nitrogens with one attached hydrogen (secondary N) is 1. The minimum absolute atomic E-state index is 0.0140. The molecule has 0 aliphatic heterocycles. The number of alkyl halides is 2. The molecular weight excluding hydrogens is 372 g/mol. The van der Waals surface area contributed by atoms with Crippen molar-refractivity contribution < 1.29 is 23.0 Å². The molecule has 0 spiro atoms. The lowest BCUT2D eigenvalue weighted by Gasteiger charge is -2.06. The third-order valence-corrected chi connectivity index (χ3v) is 5.02. The molecule has 0 unspecified atom stereocenters. The monoisotopic (exact) mass is 383 g/mol. The molecule has 1 N–H and O–H groups in total. The Hall–Kier alpha value is -2.38. The Bertz CT molecular complexity index is 929. The predicted octanol–water partition coefficient (Wildman–Crippen LogP) is 5.42. The fourth-order valence-electron chi connectivity index (χ4n) is 2.26. The number of hydrogen-bond acceptors (Lipinski definition) is 4. The zero-order chi connectivity index (χ0) is 18.0. The summed E-state index contributed by atoms with van der Waals surface area (Å²) < 4.78 is 34.7. The van der Waals surface area contributed by atoms with Crippen molar-refractivity contribution in [2.75, 3.05) is 12.4 Å². The maximum atomic E-state index is 12.5. The fraction of sp³-hybridized carbons (Fsp3) is 0.118. The van der Waals surface area contributed by atoms with Gasteiger partial charge in [-0.05, 0) is 30.3 Å². The number of carbonyl (C=O) groups excluding carboxylic acids is 1. The Labute approximate surface area is 150 Å². The number of anilines is 1. The van der Waals surface area contributed by atoms with Gasteiger partial charge in [-0.2, -0.15) is 8.78 Å². The zero-order valence-electron chi connectivity index (χ0n) is 12.9. The van der Waals surface area contributed by atoms with Gasteiger partial charge in [0.25, 0.3) is 5.91 Å². The molecule has 0 atom stereocenters. The minimum atomic E-state index is -2.91. The molecule has 3 aromatic rings. The lowest BCUT2D eigenvalue weighted by molar-refractivity contribution is -0.0497. The number of amides is 1. The second-order valence-corrected chi connectivity index (χ2v) is 6.40. The van der Waals surface area contributed by atoms with Crippen LogP contribution >= 0.6 is 22.9 Å². The summed E-state index contributed by atoms with van der Waals surface area (Å²) in [6.45, 7) is -2.91. The van der Waals surface area contributed by atoms with Gasteiger partial charge in [-0.25, -0.2) is 0 Å². The molecule has 1 amide bonds. The summed E-state index contributed by atoms with van der Waals surface area (Å²) in [7, 11) is 1.53. The summed E-state index contributed by atoms with van der Waals surface area (Å²) in [4.78, 5) is 12.8. The summed E-state index contributed by atoms with van der Waals surface area (Å²) in [6.07, 6.45) is 0. The van der Waals surface area contributed by atoms with E-state index in [-0.39, 0.29) is 15.6 Å². The van der Waals surface area contributed by atoms with E-state index < -0.39 is 12.5 Å². The van der Waals surface area contributed by atoms with Crippen LogP contribution < -0.4 is 14.8 Å². The molecule has 0 fully saturated rings. The van der Waals surface area contributed by atoms with Gasteiger partial charge in [0.15, 0.2) is 0 Å². The van der Waals surface area contributed by atoms with Crippen LogP contribution in [0.1, 0.15) is 9.67 Å². The Kier molecular flexibility index (Phi) is 5.06. The van der Waals surface area contributed by atoms with E-state index in [4.69, 9.17) is 16.3 Å². The molecule has 2 aromatic carbocycles. The molecule has 0 saturated carbocycles. The van der Waals surface area contributed by atoms with Crippen molar-refractivity contribution in [2.24, 2.45) is 0 Å². The van der Waals surface area contributed by atoms with E-state index in [0.29, 0.717) is 21.5 Å². The first kappa shape index (κ1) is 17.4. The van der Waals surface area contributed by atoms with Crippen molar-refractivity contribution in [3.8, 4) is 11.5 Å². The molecule has 0 aliphatic rings. The largest absolute Gasteiger partial charge is 0.497 e. The molecule has 4 nitrogen and oxygen atoms in total. The molecule has 130 valence electrons. The normalized spacial score (nSPS) is 10.9. The molecular formula is C17H12ClF2NO3S. The molecule has 0 saturated heterocycles. The number of fused-ring (bicyclic) bond motifs is 1. The molecule has 8 heteroatoms. The van der Waals surface area contributed by atoms with Gasteiger partial charge >= 0.3 is 6.61 Å². The molecule has 25 heavy (non-hydrogen) atoms. The third kappa shape index (κ3) is 3.83. The van der Waals surface area contributed by atoms with Crippen LogP contribution in [-0.2, 0) is 0 Å². The maximum Gasteiger partial charge on any atom is 0.387 e. The van der Waals surface area contributed by atoms with Crippen LogP contribution in [0.3, 0.4) is 0 Å². The number of methoxy groups -OCH3 is 1. The van der Waals surface area contributed by atoms with Crippen LogP contribution in [0.25, 0.3) is 10.1 Å². The van der Waals surface area contributed by atoms with Crippen LogP contribution in [0.5, 0.6) is 11.5 Å². The van der Waals surface area contributed by atoms with Gasteiger partial charge in [-0.1, -0.05) is 17.7 Å². The van der Waals surface area contributed by atoms with Gasteiger partial charge in [-0.15, -0.1) is 11.3 Å². The SMILES string of the molecule is COc1cccc(NC(=O)c2sc3cc(OC(F)F)ccc3c2Cl)c1. The first-order valence-corrected chi connectivity index (χ1v) is 8.29. The summed E-state index contributed by atoms with van der Waals surface area (Å²) in [5.74, 6) is 0.227. The second kappa shape index (κ2) is 7.25. The van der Waals surface area contributed by atoms with E-state index in [1.165, 1.54) is 19.2 Å². The van der Waals surface area contributed by atoms with E-state index >= 15 is 0 Å². The van der Waals surface area contributed by atoms with Gasteiger partial charge in [0.2, 0.25) is 0 Å². The molecule has 1 aromatic heterocycles. The van der Waals surface area contributed by atoms with E-state index in [1.807, 2.05) is 0 Å². The van der Waals surface area contributed by atoms with Crippen LogP contribution in [-0.4, -0.2) is 19.6 Å². The molecule has 0 aliphatic carbocycles. The van der Waals surface area contributed by atoms with Crippen molar-refractivity contribution in [3.63, 3.8) is 0 Å². The average Bonchev–Trinajstić information content (AvgIpc) is 2.91. The topological polar surface area (TPSA) is 47.6 Å².